The molecule has 3 aromatic carbocycles. The molecule has 0 saturated heterocycles. The van der Waals surface area contributed by atoms with Gasteiger partial charge in [0, 0.05) is 19.2 Å². The summed E-state index contributed by atoms with van der Waals surface area (Å²) in [6, 6.07) is 20.8. The molecule has 0 aliphatic carbocycles. The molecule has 1 aliphatic rings. The molecule has 1 N–H and O–H groups in total. The number of aryl methyl sites for hydroxylation is 2. The van der Waals surface area contributed by atoms with Crippen LogP contribution in [0.2, 0.25) is 0 Å². The minimum atomic E-state index is -0.176. The van der Waals surface area contributed by atoms with Crippen LogP contribution in [0.3, 0.4) is 0 Å². The second-order valence-electron chi connectivity index (χ2n) is 7.18. The molecule has 4 rings (SSSR count). The molecule has 1 heterocycles. The lowest BCUT2D eigenvalue weighted by atomic mass is 10.1. The Hall–Kier alpha value is -3.60. The van der Waals surface area contributed by atoms with E-state index in [4.69, 9.17) is 4.74 Å². The molecule has 5 heteroatoms. The van der Waals surface area contributed by atoms with Gasteiger partial charge in [0.25, 0.3) is 5.91 Å². The maximum atomic E-state index is 13.0. The summed E-state index contributed by atoms with van der Waals surface area (Å²) in [4.78, 5) is 26.9. The highest BCUT2D eigenvalue weighted by Gasteiger charge is 2.26. The molecule has 146 valence electrons. The second kappa shape index (κ2) is 7.80. The van der Waals surface area contributed by atoms with Gasteiger partial charge in [0.05, 0.1) is 11.3 Å². The van der Waals surface area contributed by atoms with E-state index in [1.165, 1.54) is 0 Å². The second-order valence-corrected chi connectivity index (χ2v) is 7.18. The number of nitrogens with zero attached hydrogens (tertiary/aromatic N) is 1. The summed E-state index contributed by atoms with van der Waals surface area (Å²) in [6.07, 6.45) is 1.03. The molecule has 0 radical (unpaired) electrons. The number of hydrogen-bond acceptors (Lipinski definition) is 3. The van der Waals surface area contributed by atoms with Crippen LogP contribution in [0.15, 0.2) is 66.7 Å². The molecule has 0 saturated carbocycles. The Bertz CT molecular complexity index is 1080. The van der Waals surface area contributed by atoms with Gasteiger partial charge in [-0.2, -0.15) is 0 Å². The zero-order valence-electron chi connectivity index (χ0n) is 16.4. The third-order valence-corrected chi connectivity index (χ3v) is 4.98. The molecule has 3 aromatic rings. The van der Waals surface area contributed by atoms with Gasteiger partial charge in [-0.1, -0.05) is 36.4 Å². The zero-order chi connectivity index (χ0) is 20.4. The van der Waals surface area contributed by atoms with Crippen LogP contribution >= 0.6 is 0 Å². The maximum Gasteiger partial charge on any atom is 0.261 e. The minimum absolute atomic E-state index is 0.0944. The van der Waals surface area contributed by atoms with E-state index in [0.717, 1.165) is 16.8 Å². The number of amides is 2. The van der Waals surface area contributed by atoms with Crippen molar-refractivity contribution >= 4 is 23.2 Å². The van der Waals surface area contributed by atoms with Crippen molar-refractivity contribution in [2.24, 2.45) is 0 Å². The lowest BCUT2D eigenvalue weighted by Crippen LogP contribution is -2.25. The fraction of sp³-hybridized carbons (Fsp3) is 0.167. The van der Waals surface area contributed by atoms with Crippen LogP contribution in [0.4, 0.5) is 11.4 Å². The highest BCUT2D eigenvalue weighted by molar-refractivity contribution is 6.10. The molecule has 1 aliphatic heterocycles. The summed E-state index contributed by atoms with van der Waals surface area (Å²) in [6.45, 7) is 1.97. The van der Waals surface area contributed by atoms with Crippen LogP contribution in [0.5, 0.6) is 11.5 Å². The summed E-state index contributed by atoms with van der Waals surface area (Å²) in [5, 5.41) is 2.88. The van der Waals surface area contributed by atoms with Crippen molar-refractivity contribution in [1.29, 1.82) is 0 Å². The minimum Gasteiger partial charge on any atom is -0.454 e. The summed E-state index contributed by atoms with van der Waals surface area (Å²) >= 11 is 0. The normalized spacial score (nSPS) is 12.5. The summed E-state index contributed by atoms with van der Waals surface area (Å²) < 4.78 is 5.99. The number of carbonyl (C=O) groups is 2. The van der Waals surface area contributed by atoms with Gasteiger partial charge < -0.3 is 15.0 Å². The van der Waals surface area contributed by atoms with Crippen molar-refractivity contribution in [2.75, 3.05) is 17.3 Å². The standard InChI is InChI=1S/C24H22N2O3/c1-16-8-11-22-20(14-16)26(2)24(28)19-15-18(10-12-21(19)29-22)25-23(27)13-9-17-6-4-3-5-7-17/h3-8,10-12,14-15H,9,13H2,1-2H3,(H,25,27). The van der Waals surface area contributed by atoms with Crippen molar-refractivity contribution in [3.8, 4) is 11.5 Å². The fourth-order valence-electron chi connectivity index (χ4n) is 3.37. The first-order valence-electron chi connectivity index (χ1n) is 9.55. The van der Waals surface area contributed by atoms with Gasteiger partial charge in [0.2, 0.25) is 5.91 Å². The first-order chi connectivity index (χ1) is 14.0. The van der Waals surface area contributed by atoms with Gasteiger partial charge >= 0.3 is 0 Å². The van der Waals surface area contributed by atoms with Crippen molar-refractivity contribution in [2.45, 2.75) is 19.8 Å². The van der Waals surface area contributed by atoms with Gasteiger partial charge in [-0.3, -0.25) is 9.59 Å². The van der Waals surface area contributed by atoms with Gasteiger partial charge in [0.15, 0.2) is 5.75 Å². The summed E-state index contributed by atoms with van der Waals surface area (Å²) in [7, 11) is 1.73. The quantitative estimate of drug-likeness (QED) is 0.690. The van der Waals surface area contributed by atoms with Gasteiger partial charge in [0.1, 0.15) is 5.75 Å². The van der Waals surface area contributed by atoms with Gasteiger partial charge in [-0.15, -0.1) is 0 Å². The van der Waals surface area contributed by atoms with E-state index in [2.05, 4.69) is 5.32 Å². The van der Waals surface area contributed by atoms with E-state index in [1.807, 2.05) is 55.5 Å². The van der Waals surface area contributed by atoms with Crippen LogP contribution < -0.4 is 15.0 Å². The number of rotatable bonds is 4. The predicted molar refractivity (Wildman–Crippen MR) is 114 cm³/mol. The highest BCUT2D eigenvalue weighted by atomic mass is 16.5. The number of fused-ring (bicyclic) bond motifs is 2. The SMILES string of the molecule is Cc1ccc2c(c1)N(C)C(=O)c1cc(NC(=O)CCc3ccccc3)ccc1O2. The van der Waals surface area contributed by atoms with E-state index in [0.29, 0.717) is 35.6 Å². The third kappa shape index (κ3) is 3.99. The number of ether oxygens (including phenoxy) is 1. The Balaban J connectivity index is 1.52. The zero-order valence-corrected chi connectivity index (χ0v) is 16.4. The van der Waals surface area contributed by atoms with Crippen LogP contribution in [0.1, 0.15) is 27.9 Å². The Labute approximate surface area is 169 Å². The van der Waals surface area contributed by atoms with Crippen LogP contribution in [-0.2, 0) is 11.2 Å². The lowest BCUT2D eigenvalue weighted by molar-refractivity contribution is -0.116. The van der Waals surface area contributed by atoms with Crippen molar-refractivity contribution in [1.82, 2.24) is 0 Å². The number of benzene rings is 3. The Kier molecular flexibility index (Phi) is 5.04. The molecule has 2 amide bonds. The van der Waals surface area contributed by atoms with Crippen molar-refractivity contribution in [3.63, 3.8) is 0 Å². The summed E-state index contributed by atoms with van der Waals surface area (Å²) in [5.74, 6) is 0.837. The molecule has 0 unspecified atom stereocenters. The number of anilines is 2. The average Bonchev–Trinajstić information content (AvgIpc) is 2.83. The lowest BCUT2D eigenvalue weighted by Gasteiger charge is -2.16. The molecule has 0 bridgehead atoms. The highest BCUT2D eigenvalue weighted by Crippen LogP contribution is 2.39. The smallest absolute Gasteiger partial charge is 0.261 e. The molecule has 0 aromatic heterocycles. The number of nitrogens with one attached hydrogen (secondary N) is 1. The van der Waals surface area contributed by atoms with Gasteiger partial charge in [-0.25, -0.2) is 0 Å². The molecule has 0 atom stereocenters. The van der Waals surface area contributed by atoms with Gasteiger partial charge in [-0.05, 0) is 54.8 Å². The average molecular weight is 386 g/mol. The Morgan fingerprint density at radius 1 is 1.00 bits per heavy atom. The topological polar surface area (TPSA) is 58.6 Å². The van der Waals surface area contributed by atoms with E-state index in [1.54, 1.807) is 30.1 Å². The first-order valence-corrected chi connectivity index (χ1v) is 9.55. The van der Waals surface area contributed by atoms with Crippen molar-refractivity contribution < 1.29 is 14.3 Å². The monoisotopic (exact) mass is 386 g/mol. The third-order valence-electron chi connectivity index (χ3n) is 4.98. The van der Waals surface area contributed by atoms with E-state index in [9.17, 15) is 9.59 Å². The first kappa shape index (κ1) is 18.7. The summed E-state index contributed by atoms with van der Waals surface area (Å²) in [5.41, 5.74) is 3.88. The molecule has 0 spiro atoms. The van der Waals surface area contributed by atoms with E-state index in [-0.39, 0.29) is 11.8 Å². The van der Waals surface area contributed by atoms with E-state index >= 15 is 0 Å². The molecule has 29 heavy (non-hydrogen) atoms. The molecule has 5 nitrogen and oxygen atoms in total. The fourth-order valence-corrected chi connectivity index (χ4v) is 3.37. The predicted octanol–water partition coefficient (Wildman–Crippen LogP) is 4.95. The van der Waals surface area contributed by atoms with Crippen molar-refractivity contribution in [3.05, 3.63) is 83.4 Å². The molecular weight excluding hydrogens is 364 g/mol. The van der Waals surface area contributed by atoms with Crippen LogP contribution in [-0.4, -0.2) is 18.9 Å². The Morgan fingerprint density at radius 3 is 2.55 bits per heavy atom. The van der Waals surface area contributed by atoms with Crippen LogP contribution in [0, 0.1) is 6.92 Å². The molecule has 0 fully saturated rings. The largest absolute Gasteiger partial charge is 0.454 e. The Morgan fingerprint density at radius 2 is 1.76 bits per heavy atom. The maximum absolute atomic E-state index is 13.0. The van der Waals surface area contributed by atoms with E-state index < -0.39 is 0 Å². The number of carbonyl (C=O) groups excluding carboxylic acids is 2. The molecular formula is C24H22N2O3. The number of hydrogen-bond donors (Lipinski definition) is 1. The van der Waals surface area contributed by atoms with Crippen LogP contribution in [0.25, 0.3) is 0 Å².